The first-order valence-corrected chi connectivity index (χ1v) is 9.82. The first-order valence-electron chi connectivity index (χ1n) is 9.82. The monoisotopic (exact) mass is 394 g/mol. The van der Waals surface area contributed by atoms with E-state index in [-0.39, 0.29) is 5.97 Å². The predicted octanol–water partition coefficient (Wildman–Crippen LogP) is 5.67. The van der Waals surface area contributed by atoms with Crippen LogP contribution in [0.25, 0.3) is 32.7 Å². The first-order chi connectivity index (χ1) is 14.4. The van der Waals surface area contributed by atoms with Crippen LogP contribution in [0, 0.1) is 16.7 Å². The van der Waals surface area contributed by atoms with Gasteiger partial charge in [-0.1, -0.05) is 48.5 Å². The molecule has 4 rings (SSSR count). The van der Waals surface area contributed by atoms with E-state index in [1.807, 2.05) is 74.8 Å². The van der Waals surface area contributed by atoms with E-state index in [0.717, 1.165) is 38.2 Å². The highest BCUT2D eigenvalue weighted by Gasteiger charge is 2.29. The van der Waals surface area contributed by atoms with Crippen LogP contribution < -0.4 is 0 Å². The van der Waals surface area contributed by atoms with Crippen LogP contribution >= 0.6 is 0 Å². The van der Waals surface area contributed by atoms with Crippen LogP contribution in [-0.4, -0.2) is 18.1 Å². The van der Waals surface area contributed by atoms with Gasteiger partial charge in [-0.25, -0.2) is 0 Å². The van der Waals surface area contributed by atoms with Gasteiger partial charge in [-0.15, -0.1) is 0 Å². The number of methoxy groups -OCH3 is 1. The Bertz CT molecular complexity index is 1320. The molecule has 30 heavy (non-hydrogen) atoms. The molecule has 0 saturated heterocycles. The van der Waals surface area contributed by atoms with Crippen molar-refractivity contribution in [1.82, 2.24) is 4.98 Å². The van der Waals surface area contributed by atoms with Crippen molar-refractivity contribution in [2.24, 2.45) is 5.41 Å². The number of rotatable bonds is 4. The molecule has 0 saturated carbocycles. The summed E-state index contributed by atoms with van der Waals surface area (Å²) in [6.45, 7) is 3.79. The second kappa shape index (κ2) is 7.61. The number of nitriles is 1. The molecule has 1 aromatic heterocycles. The number of carbonyl (C=O) groups excluding carboxylic acids is 1. The molecule has 0 spiro atoms. The Morgan fingerprint density at radius 2 is 1.77 bits per heavy atom. The molecule has 3 aromatic carbocycles. The highest BCUT2D eigenvalue weighted by atomic mass is 16.5. The number of ether oxygens (including phenoxy) is 1. The zero-order valence-electron chi connectivity index (χ0n) is 17.3. The summed E-state index contributed by atoms with van der Waals surface area (Å²) in [5, 5.41) is 13.5. The molecule has 0 amide bonds. The molecule has 0 bridgehead atoms. The van der Waals surface area contributed by atoms with E-state index < -0.39 is 5.41 Å². The van der Waals surface area contributed by atoms with Gasteiger partial charge >= 0.3 is 5.97 Å². The maximum Gasteiger partial charge on any atom is 0.311 e. The van der Waals surface area contributed by atoms with Gasteiger partial charge < -0.3 is 4.74 Å². The number of aromatic nitrogens is 1. The lowest BCUT2D eigenvalue weighted by molar-refractivity contribution is -0.150. The van der Waals surface area contributed by atoms with E-state index in [2.05, 4.69) is 17.1 Å². The second-order valence-electron chi connectivity index (χ2n) is 8.11. The van der Waals surface area contributed by atoms with Crippen LogP contribution in [0.1, 0.15) is 25.0 Å². The highest BCUT2D eigenvalue weighted by molar-refractivity contribution is 6.06. The lowest BCUT2D eigenvalue weighted by atomic mass is 9.85. The SMILES string of the molecule is COC(=O)C(C)(C)Cc1ccc2cncc(-c3ccc(C#N)c4ccccc34)c2c1. The summed E-state index contributed by atoms with van der Waals surface area (Å²) in [6.07, 6.45) is 4.29. The van der Waals surface area contributed by atoms with Crippen molar-refractivity contribution >= 4 is 27.5 Å². The van der Waals surface area contributed by atoms with E-state index in [4.69, 9.17) is 4.74 Å². The topological polar surface area (TPSA) is 63.0 Å². The van der Waals surface area contributed by atoms with Gasteiger partial charge in [0.1, 0.15) is 0 Å². The summed E-state index contributed by atoms with van der Waals surface area (Å²) >= 11 is 0. The Balaban J connectivity index is 1.90. The van der Waals surface area contributed by atoms with Gasteiger partial charge in [-0.2, -0.15) is 5.26 Å². The normalized spacial score (nSPS) is 11.4. The third-order valence-corrected chi connectivity index (χ3v) is 5.54. The quantitative estimate of drug-likeness (QED) is 0.419. The summed E-state index contributed by atoms with van der Waals surface area (Å²) in [6, 6.07) is 20.3. The maximum atomic E-state index is 12.1. The molecule has 148 valence electrons. The number of hydrogen-bond acceptors (Lipinski definition) is 4. The molecule has 0 unspecified atom stereocenters. The summed E-state index contributed by atoms with van der Waals surface area (Å²) in [7, 11) is 1.42. The summed E-state index contributed by atoms with van der Waals surface area (Å²) in [5.74, 6) is -0.226. The zero-order valence-corrected chi connectivity index (χ0v) is 17.3. The molecule has 0 aliphatic rings. The van der Waals surface area contributed by atoms with Gasteiger partial charge in [-0.3, -0.25) is 9.78 Å². The number of pyridine rings is 1. The van der Waals surface area contributed by atoms with Crippen LogP contribution in [0.5, 0.6) is 0 Å². The molecular weight excluding hydrogens is 372 g/mol. The molecule has 4 heteroatoms. The third kappa shape index (κ3) is 3.40. The lowest BCUT2D eigenvalue weighted by Crippen LogP contribution is -2.27. The highest BCUT2D eigenvalue weighted by Crippen LogP contribution is 2.35. The zero-order chi connectivity index (χ0) is 21.3. The van der Waals surface area contributed by atoms with Crippen molar-refractivity contribution in [3.8, 4) is 17.2 Å². The average Bonchev–Trinajstić information content (AvgIpc) is 2.77. The molecule has 0 radical (unpaired) electrons. The molecule has 0 N–H and O–H groups in total. The van der Waals surface area contributed by atoms with Crippen molar-refractivity contribution in [3.05, 3.63) is 78.1 Å². The minimum absolute atomic E-state index is 0.226. The van der Waals surface area contributed by atoms with Crippen molar-refractivity contribution < 1.29 is 9.53 Å². The Kier molecular flexibility index (Phi) is 4.97. The fourth-order valence-electron chi connectivity index (χ4n) is 4.03. The maximum absolute atomic E-state index is 12.1. The third-order valence-electron chi connectivity index (χ3n) is 5.54. The molecule has 0 aliphatic heterocycles. The molecular formula is C26H22N2O2. The molecule has 4 nitrogen and oxygen atoms in total. The Morgan fingerprint density at radius 3 is 2.50 bits per heavy atom. The number of fused-ring (bicyclic) bond motifs is 2. The molecule has 0 atom stereocenters. The summed E-state index contributed by atoms with van der Waals surface area (Å²) in [5.41, 5.74) is 3.14. The van der Waals surface area contributed by atoms with Gasteiger partial charge in [0.05, 0.1) is 24.2 Å². The van der Waals surface area contributed by atoms with Crippen LogP contribution in [0.15, 0.2) is 67.0 Å². The van der Waals surface area contributed by atoms with Crippen molar-refractivity contribution in [1.29, 1.82) is 5.26 Å². The number of carbonyl (C=O) groups is 1. The second-order valence-corrected chi connectivity index (χ2v) is 8.11. The lowest BCUT2D eigenvalue weighted by Gasteiger charge is -2.21. The molecule has 0 fully saturated rings. The van der Waals surface area contributed by atoms with Gasteiger partial charge in [0.15, 0.2) is 0 Å². The van der Waals surface area contributed by atoms with Crippen molar-refractivity contribution in [2.75, 3.05) is 7.11 Å². The fourth-order valence-corrected chi connectivity index (χ4v) is 4.03. The molecule has 1 heterocycles. The Morgan fingerprint density at radius 1 is 1.00 bits per heavy atom. The van der Waals surface area contributed by atoms with E-state index >= 15 is 0 Å². The van der Waals surface area contributed by atoms with Crippen LogP contribution in [0.2, 0.25) is 0 Å². The minimum Gasteiger partial charge on any atom is -0.469 e. The number of benzene rings is 3. The molecule has 0 aliphatic carbocycles. The molecule has 4 aromatic rings. The van der Waals surface area contributed by atoms with Gasteiger partial charge in [-0.05, 0) is 48.2 Å². The van der Waals surface area contributed by atoms with Gasteiger partial charge in [0, 0.05) is 28.7 Å². The number of hydrogen-bond donors (Lipinski definition) is 0. The Labute approximate surface area is 175 Å². The van der Waals surface area contributed by atoms with Gasteiger partial charge in [0.2, 0.25) is 0 Å². The fraction of sp³-hybridized carbons (Fsp3) is 0.192. The standard InChI is InChI=1S/C26H22N2O2/c1-26(2,25(29)30-3)13-17-8-9-19-15-28-16-24(23(19)12-17)22-11-10-18(14-27)20-6-4-5-7-21(20)22/h4-12,15-16H,13H2,1-3H3. The number of esters is 1. The van der Waals surface area contributed by atoms with Crippen molar-refractivity contribution in [2.45, 2.75) is 20.3 Å². The average molecular weight is 394 g/mol. The minimum atomic E-state index is -0.614. The smallest absolute Gasteiger partial charge is 0.311 e. The van der Waals surface area contributed by atoms with E-state index in [0.29, 0.717) is 12.0 Å². The van der Waals surface area contributed by atoms with E-state index in [1.165, 1.54) is 7.11 Å². The number of nitrogens with zero attached hydrogens (tertiary/aromatic N) is 2. The van der Waals surface area contributed by atoms with E-state index in [9.17, 15) is 10.1 Å². The summed E-state index contributed by atoms with van der Waals surface area (Å²) < 4.78 is 4.96. The van der Waals surface area contributed by atoms with Crippen LogP contribution in [0.3, 0.4) is 0 Å². The predicted molar refractivity (Wildman–Crippen MR) is 119 cm³/mol. The van der Waals surface area contributed by atoms with Gasteiger partial charge in [0.25, 0.3) is 0 Å². The van der Waals surface area contributed by atoms with Crippen LogP contribution in [0.4, 0.5) is 0 Å². The largest absolute Gasteiger partial charge is 0.469 e. The van der Waals surface area contributed by atoms with E-state index in [1.54, 1.807) is 0 Å². The van der Waals surface area contributed by atoms with Crippen molar-refractivity contribution in [3.63, 3.8) is 0 Å². The summed E-state index contributed by atoms with van der Waals surface area (Å²) in [4.78, 5) is 16.6. The first kappa shape index (κ1) is 19.6. The van der Waals surface area contributed by atoms with Crippen LogP contribution in [-0.2, 0) is 16.0 Å². The Hall–Kier alpha value is -3.71.